The van der Waals surface area contributed by atoms with Crippen LogP contribution in [0, 0.1) is 0 Å². The van der Waals surface area contributed by atoms with Gasteiger partial charge in [-0.2, -0.15) is 0 Å². The molecular weight excluding hydrogens is 200 g/mol. The van der Waals surface area contributed by atoms with Gasteiger partial charge in [0.05, 0.1) is 0 Å². The van der Waals surface area contributed by atoms with Gasteiger partial charge in [0, 0.05) is 13.0 Å². The minimum atomic E-state index is 0.216. The highest BCUT2D eigenvalue weighted by Gasteiger charge is 1.99. The molecule has 0 spiro atoms. The van der Waals surface area contributed by atoms with Crippen LogP contribution >= 0.6 is 0 Å². The third-order valence-electron chi connectivity index (χ3n) is 2.61. The molecule has 3 nitrogen and oxygen atoms in total. The monoisotopic (exact) mass is 228 g/mol. The fraction of sp³-hybridized carbons (Fsp3) is 0.923. The molecule has 0 aliphatic heterocycles. The van der Waals surface area contributed by atoms with E-state index in [0.29, 0.717) is 6.42 Å². The Morgan fingerprint density at radius 1 is 0.938 bits per heavy atom. The maximum atomic E-state index is 11.4. The summed E-state index contributed by atoms with van der Waals surface area (Å²) < 4.78 is 0. The topological polar surface area (TPSA) is 41.1 Å². The van der Waals surface area contributed by atoms with E-state index in [1.807, 2.05) is 0 Å². The van der Waals surface area contributed by atoms with Gasteiger partial charge >= 0.3 is 0 Å². The molecule has 0 rings (SSSR count). The Balaban J connectivity index is 3.12. The van der Waals surface area contributed by atoms with Crippen LogP contribution in [0.25, 0.3) is 0 Å². The van der Waals surface area contributed by atoms with E-state index in [2.05, 4.69) is 24.5 Å². The predicted molar refractivity (Wildman–Crippen MR) is 69.5 cm³/mol. The second-order valence-corrected chi connectivity index (χ2v) is 4.22. The second-order valence-electron chi connectivity index (χ2n) is 4.22. The molecule has 0 atom stereocenters. The number of hydrogen-bond acceptors (Lipinski definition) is 2. The number of carbonyl (C=O) groups excluding carboxylic acids is 1. The van der Waals surface area contributed by atoms with E-state index in [4.69, 9.17) is 0 Å². The summed E-state index contributed by atoms with van der Waals surface area (Å²) in [5.41, 5.74) is 0. The van der Waals surface area contributed by atoms with Crippen LogP contribution < -0.4 is 10.6 Å². The third kappa shape index (κ3) is 11.5. The fourth-order valence-corrected chi connectivity index (χ4v) is 1.60. The van der Waals surface area contributed by atoms with E-state index in [1.165, 1.54) is 25.7 Å². The van der Waals surface area contributed by atoms with Gasteiger partial charge in [-0.05, 0) is 25.9 Å². The zero-order valence-corrected chi connectivity index (χ0v) is 11.0. The second kappa shape index (κ2) is 12.5. The highest BCUT2D eigenvalue weighted by Crippen LogP contribution is 2.04. The van der Waals surface area contributed by atoms with Crippen molar-refractivity contribution in [2.24, 2.45) is 0 Å². The first-order chi connectivity index (χ1) is 7.81. The Bertz CT molecular complexity index is 144. The Morgan fingerprint density at radius 3 is 2.38 bits per heavy atom. The van der Waals surface area contributed by atoms with Crippen LogP contribution in [0.1, 0.15) is 58.8 Å². The number of nitrogens with one attached hydrogen (secondary N) is 2. The van der Waals surface area contributed by atoms with Gasteiger partial charge in [-0.3, -0.25) is 4.79 Å². The molecule has 0 aliphatic carbocycles. The summed E-state index contributed by atoms with van der Waals surface area (Å²) in [6, 6.07) is 0. The van der Waals surface area contributed by atoms with Crippen molar-refractivity contribution in [1.29, 1.82) is 0 Å². The van der Waals surface area contributed by atoms with Crippen molar-refractivity contribution in [1.82, 2.24) is 10.6 Å². The van der Waals surface area contributed by atoms with Crippen LogP contribution in [0.15, 0.2) is 0 Å². The number of hydrogen-bond donors (Lipinski definition) is 2. The smallest absolute Gasteiger partial charge is 0.219 e. The number of carbonyl (C=O) groups is 1. The molecule has 2 N–H and O–H groups in total. The molecular formula is C13H28N2O. The van der Waals surface area contributed by atoms with Gasteiger partial charge in [-0.1, -0.05) is 39.5 Å². The fourth-order valence-electron chi connectivity index (χ4n) is 1.60. The SMILES string of the molecule is CCCCCCCC(=O)NCCCNCC. The van der Waals surface area contributed by atoms with Crippen molar-refractivity contribution in [3.05, 3.63) is 0 Å². The molecule has 0 unspecified atom stereocenters. The molecule has 0 radical (unpaired) electrons. The lowest BCUT2D eigenvalue weighted by Crippen LogP contribution is -2.27. The van der Waals surface area contributed by atoms with E-state index < -0.39 is 0 Å². The van der Waals surface area contributed by atoms with Gasteiger partial charge < -0.3 is 10.6 Å². The molecule has 0 aromatic rings. The van der Waals surface area contributed by atoms with Crippen LogP contribution in [0.5, 0.6) is 0 Å². The van der Waals surface area contributed by atoms with E-state index in [-0.39, 0.29) is 5.91 Å². The first-order valence-electron chi connectivity index (χ1n) is 6.78. The van der Waals surface area contributed by atoms with Crippen molar-refractivity contribution < 1.29 is 4.79 Å². The molecule has 0 heterocycles. The van der Waals surface area contributed by atoms with Crippen LogP contribution in [0.2, 0.25) is 0 Å². The van der Waals surface area contributed by atoms with Gasteiger partial charge in [-0.25, -0.2) is 0 Å². The lowest BCUT2D eigenvalue weighted by molar-refractivity contribution is -0.121. The Morgan fingerprint density at radius 2 is 1.69 bits per heavy atom. The van der Waals surface area contributed by atoms with Crippen molar-refractivity contribution in [3.8, 4) is 0 Å². The molecule has 3 heteroatoms. The Labute approximate surface area is 100 Å². The van der Waals surface area contributed by atoms with Gasteiger partial charge in [0.2, 0.25) is 5.91 Å². The molecule has 0 aromatic carbocycles. The first kappa shape index (κ1) is 15.4. The molecule has 96 valence electrons. The van der Waals surface area contributed by atoms with Crippen molar-refractivity contribution >= 4 is 5.91 Å². The first-order valence-corrected chi connectivity index (χ1v) is 6.78. The van der Waals surface area contributed by atoms with Crippen LogP contribution in [-0.4, -0.2) is 25.5 Å². The van der Waals surface area contributed by atoms with Crippen LogP contribution in [-0.2, 0) is 4.79 Å². The summed E-state index contributed by atoms with van der Waals surface area (Å²) in [6.45, 7) is 7.10. The number of rotatable bonds is 11. The number of amides is 1. The van der Waals surface area contributed by atoms with Crippen molar-refractivity contribution in [3.63, 3.8) is 0 Å². The van der Waals surface area contributed by atoms with E-state index in [9.17, 15) is 4.79 Å². The maximum absolute atomic E-state index is 11.4. The minimum absolute atomic E-state index is 0.216. The quantitative estimate of drug-likeness (QED) is 0.533. The molecule has 0 fully saturated rings. The van der Waals surface area contributed by atoms with Crippen molar-refractivity contribution in [2.75, 3.05) is 19.6 Å². The van der Waals surface area contributed by atoms with Crippen LogP contribution in [0.3, 0.4) is 0 Å². The Hall–Kier alpha value is -0.570. The minimum Gasteiger partial charge on any atom is -0.356 e. The van der Waals surface area contributed by atoms with Gasteiger partial charge in [0.1, 0.15) is 0 Å². The molecule has 16 heavy (non-hydrogen) atoms. The molecule has 0 bridgehead atoms. The van der Waals surface area contributed by atoms with Gasteiger partial charge in [-0.15, -0.1) is 0 Å². The normalized spacial score (nSPS) is 10.4. The summed E-state index contributed by atoms with van der Waals surface area (Å²) in [5.74, 6) is 0.216. The number of unbranched alkanes of at least 4 members (excludes halogenated alkanes) is 4. The van der Waals surface area contributed by atoms with E-state index in [0.717, 1.165) is 32.5 Å². The van der Waals surface area contributed by atoms with Crippen molar-refractivity contribution in [2.45, 2.75) is 58.8 Å². The van der Waals surface area contributed by atoms with E-state index >= 15 is 0 Å². The standard InChI is InChI=1S/C13H28N2O/c1-3-5-6-7-8-10-13(16)15-12-9-11-14-4-2/h14H,3-12H2,1-2H3,(H,15,16). The molecule has 1 amide bonds. The third-order valence-corrected chi connectivity index (χ3v) is 2.61. The molecule has 0 aromatic heterocycles. The molecule has 0 aliphatic rings. The largest absolute Gasteiger partial charge is 0.356 e. The molecule has 0 saturated carbocycles. The highest BCUT2D eigenvalue weighted by atomic mass is 16.1. The summed E-state index contributed by atoms with van der Waals surface area (Å²) in [6.07, 6.45) is 7.78. The average Bonchev–Trinajstić information content (AvgIpc) is 2.28. The molecule has 0 saturated heterocycles. The maximum Gasteiger partial charge on any atom is 0.219 e. The zero-order chi connectivity index (χ0) is 12.1. The Kier molecular flexibility index (Phi) is 12.1. The summed E-state index contributed by atoms with van der Waals surface area (Å²) >= 11 is 0. The zero-order valence-electron chi connectivity index (χ0n) is 11.0. The van der Waals surface area contributed by atoms with Gasteiger partial charge in [0.25, 0.3) is 0 Å². The lowest BCUT2D eigenvalue weighted by Gasteiger charge is -2.05. The lowest BCUT2D eigenvalue weighted by atomic mass is 10.1. The predicted octanol–water partition coefficient (Wildman–Crippen LogP) is 2.46. The van der Waals surface area contributed by atoms with Crippen LogP contribution in [0.4, 0.5) is 0 Å². The summed E-state index contributed by atoms with van der Waals surface area (Å²) in [4.78, 5) is 11.4. The van der Waals surface area contributed by atoms with Gasteiger partial charge in [0.15, 0.2) is 0 Å². The average molecular weight is 228 g/mol. The summed E-state index contributed by atoms with van der Waals surface area (Å²) in [5, 5.41) is 6.19. The summed E-state index contributed by atoms with van der Waals surface area (Å²) in [7, 11) is 0. The highest BCUT2D eigenvalue weighted by molar-refractivity contribution is 5.75. The van der Waals surface area contributed by atoms with E-state index in [1.54, 1.807) is 0 Å².